The molecule has 0 fully saturated rings. The molecule has 1 unspecified atom stereocenters. The van der Waals surface area contributed by atoms with Crippen molar-refractivity contribution in [3.8, 4) is 11.4 Å². The molecule has 0 aliphatic carbocycles. The molecule has 0 bridgehead atoms. The van der Waals surface area contributed by atoms with Crippen LogP contribution >= 0.6 is 0 Å². The molecule has 2 aromatic rings. The van der Waals surface area contributed by atoms with Crippen LogP contribution in [-0.2, 0) is 0 Å². The first kappa shape index (κ1) is 14.1. The van der Waals surface area contributed by atoms with Crippen molar-refractivity contribution in [2.24, 2.45) is 0 Å². The van der Waals surface area contributed by atoms with Gasteiger partial charge in [-0.15, -0.1) is 10.2 Å². The summed E-state index contributed by atoms with van der Waals surface area (Å²) < 4.78 is 0. The molecule has 20 heavy (non-hydrogen) atoms. The number of aliphatic hydroxyl groups excluding tert-OH is 1. The Labute approximate surface area is 116 Å². The van der Waals surface area contributed by atoms with Crippen LogP contribution in [0.3, 0.4) is 0 Å². The van der Waals surface area contributed by atoms with Gasteiger partial charge in [0.1, 0.15) is 0 Å². The summed E-state index contributed by atoms with van der Waals surface area (Å²) in [6.45, 7) is 2.27. The molecule has 1 amide bonds. The number of hydrogen-bond acceptors (Lipinski definition) is 5. The monoisotopic (exact) mass is 275 g/mol. The van der Waals surface area contributed by atoms with Gasteiger partial charge in [-0.25, -0.2) is 0 Å². The Balaban J connectivity index is 1.95. The Bertz CT molecular complexity index is 554. The van der Waals surface area contributed by atoms with Crippen molar-refractivity contribution in [3.05, 3.63) is 29.8 Å². The number of carbonyl (C=O) groups excluding carboxylic acids is 1. The zero-order valence-corrected chi connectivity index (χ0v) is 11.2. The van der Waals surface area contributed by atoms with Crippen LogP contribution in [0.1, 0.15) is 30.1 Å². The smallest absolute Gasteiger partial charge is 0.251 e. The molecule has 106 valence electrons. The number of carbonyl (C=O) groups is 1. The Morgan fingerprint density at radius 1 is 1.50 bits per heavy atom. The number of nitrogens with one attached hydrogen (secondary N) is 2. The summed E-state index contributed by atoms with van der Waals surface area (Å²) in [6.07, 6.45) is 1.07. The lowest BCUT2D eigenvalue weighted by Gasteiger charge is -2.07. The quantitative estimate of drug-likeness (QED) is 0.675. The normalized spacial score (nSPS) is 12.1. The van der Waals surface area contributed by atoms with Gasteiger partial charge < -0.3 is 10.4 Å². The highest BCUT2D eigenvalue weighted by Crippen LogP contribution is 2.14. The fourth-order valence-corrected chi connectivity index (χ4v) is 1.79. The molecule has 0 spiro atoms. The van der Waals surface area contributed by atoms with Crippen LogP contribution in [0.4, 0.5) is 0 Å². The van der Waals surface area contributed by atoms with E-state index in [1.54, 1.807) is 25.1 Å². The van der Waals surface area contributed by atoms with E-state index in [-0.39, 0.29) is 12.0 Å². The lowest BCUT2D eigenvalue weighted by molar-refractivity contribution is 0.0949. The van der Waals surface area contributed by atoms with E-state index >= 15 is 0 Å². The standard InChI is InChI=1S/C13H17N5O2/c1-9(19)4-3-7-14-13(20)11-6-2-5-10(8-11)12-15-17-18-16-12/h2,5-6,8-9,19H,3-4,7H2,1H3,(H,14,20)(H,15,16,17,18). The Kier molecular flexibility index (Phi) is 4.78. The van der Waals surface area contributed by atoms with Gasteiger partial charge in [-0.3, -0.25) is 4.79 Å². The number of hydrogen-bond donors (Lipinski definition) is 3. The average Bonchev–Trinajstić information content (AvgIpc) is 2.97. The lowest BCUT2D eigenvalue weighted by atomic mass is 10.1. The Morgan fingerprint density at radius 3 is 3.05 bits per heavy atom. The predicted molar refractivity (Wildman–Crippen MR) is 72.9 cm³/mol. The summed E-state index contributed by atoms with van der Waals surface area (Å²) in [5, 5.41) is 25.6. The highest BCUT2D eigenvalue weighted by atomic mass is 16.3. The molecule has 1 heterocycles. The summed E-state index contributed by atoms with van der Waals surface area (Å²) in [6, 6.07) is 7.04. The predicted octanol–water partition coefficient (Wildman–Crippen LogP) is 0.757. The molecule has 7 heteroatoms. The van der Waals surface area contributed by atoms with Crippen molar-refractivity contribution < 1.29 is 9.90 Å². The summed E-state index contributed by atoms with van der Waals surface area (Å²) in [7, 11) is 0. The van der Waals surface area contributed by atoms with E-state index in [2.05, 4.69) is 25.9 Å². The molecule has 0 aliphatic rings. The number of aromatic nitrogens is 4. The molecule has 0 radical (unpaired) electrons. The Hall–Kier alpha value is -2.28. The van der Waals surface area contributed by atoms with E-state index in [0.29, 0.717) is 24.4 Å². The van der Waals surface area contributed by atoms with Gasteiger partial charge in [0.15, 0.2) is 0 Å². The van der Waals surface area contributed by atoms with Gasteiger partial charge in [0.2, 0.25) is 5.82 Å². The number of aromatic amines is 1. The highest BCUT2D eigenvalue weighted by molar-refractivity contribution is 5.95. The van der Waals surface area contributed by atoms with Crippen LogP contribution in [0.15, 0.2) is 24.3 Å². The van der Waals surface area contributed by atoms with E-state index in [0.717, 1.165) is 12.0 Å². The number of aliphatic hydroxyl groups is 1. The second-order valence-electron chi connectivity index (χ2n) is 4.56. The number of amides is 1. The van der Waals surface area contributed by atoms with E-state index < -0.39 is 0 Å². The van der Waals surface area contributed by atoms with Gasteiger partial charge in [0, 0.05) is 17.7 Å². The second kappa shape index (κ2) is 6.76. The van der Waals surface area contributed by atoms with Crippen LogP contribution in [0.25, 0.3) is 11.4 Å². The van der Waals surface area contributed by atoms with Gasteiger partial charge >= 0.3 is 0 Å². The van der Waals surface area contributed by atoms with E-state index in [1.165, 1.54) is 0 Å². The van der Waals surface area contributed by atoms with Crippen LogP contribution in [-0.4, -0.2) is 44.3 Å². The zero-order valence-electron chi connectivity index (χ0n) is 11.2. The number of H-pyrrole nitrogens is 1. The average molecular weight is 275 g/mol. The number of rotatable bonds is 6. The largest absolute Gasteiger partial charge is 0.393 e. The minimum atomic E-state index is -0.339. The minimum absolute atomic E-state index is 0.152. The highest BCUT2D eigenvalue weighted by Gasteiger charge is 2.08. The maximum Gasteiger partial charge on any atom is 0.251 e. The van der Waals surface area contributed by atoms with Crippen molar-refractivity contribution in [3.63, 3.8) is 0 Å². The molecule has 0 aliphatic heterocycles. The third kappa shape index (κ3) is 3.86. The zero-order chi connectivity index (χ0) is 14.4. The molecule has 1 atom stereocenters. The van der Waals surface area contributed by atoms with E-state index in [4.69, 9.17) is 5.11 Å². The minimum Gasteiger partial charge on any atom is -0.393 e. The van der Waals surface area contributed by atoms with Crippen LogP contribution in [0, 0.1) is 0 Å². The van der Waals surface area contributed by atoms with E-state index in [1.807, 2.05) is 6.07 Å². The van der Waals surface area contributed by atoms with Gasteiger partial charge in [0.05, 0.1) is 6.10 Å². The fourth-order valence-electron chi connectivity index (χ4n) is 1.79. The van der Waals surface area contributed by atoms with Crippen molar-refractivity contribution in [1.29, 1.82) is 0 Å². The first-order valence-electron chi connectivity index (χ1n) is 6.47. The fraction of sp³-hybridized carbons (Fsp3) is 0.385. The SMILES string of the molecule is CC(O)CCCNC(=O)c1cccc(-c2nn[nH]n2)c1. The molecule has 2 rings (SSSR count). The van der Waals surface area contributed by atoms with Crippen LogP contribution in [0.5, 0.6) is 0 Å². The molecular weight excluding hydrogens is 258 g/mol. The number of tetrazole rings is 1. The van der Waals surface area contributed by atoms with Gasteiger partial charge in [-0.1, -0.05) is 12.1 Å². The van der Waals surface area contributed by atoms with E-state index in [9.17, 15) is 4.79 Å². The molecule has 7 nitrogen and oxygen atoms in total. The molecule has 3 N–H and O–H groups in total. The number of nitrogens with zero attached hydrogens (tertiary/aromatic N) is 3. The first-order valence-corrected chi connectivity index (χ1v) is 6.47. The van der Waals surface area contributed by atoms with Crippen molar-refractivity contribution in [1.82, 2.24) is 25.9 Å². The summed E-state index contributed by atoms with van der Waals surface area (Å²) in [5.41, 5.74) is 1.28. The van der Waals surface area contributed by atoms with Gasteiger partial charge in [-0.2, -0.15) is 5.21 Å². The molecular formula is C13H17N5O2. The van der Waals surface area contributed by atoms with Crippen molar-refractivity contribution >= 4 is 5.91 Å². The topological polar surface area (TPSA) is 104 Å². The summed E-state index contributed by atoms with van der Waals surface area (Å²) >= 11 is 0. The van der Waals surface area contributed by atoms with Crippen LogP contribution < -0.4 is 5.32 Å². The molecule has 0 saturated carbocycles. The van der Waals surface area contributed by atoms with Gasteiger partial charge in [0.25, 0.3) is 5.91 Å². The van der Waals surface area contributed by atoms with Crippen molar-refractivity contribution in [2.45, 2.75) is 25.9 Å². The first-order chi connectivity index (χ1) is 9.66. The third-order valence-electron chi connectivity index (χ3n) is 2.81. The Morgan fingerprint density at radius 2 is 2.35 bits per heavy atom. The van der Waals surface area contributed by atoms with Gasteiger partial charge in [-0.05, 0) is 37.1 Å². The van der Waals surface area contributed by atoms with Crippen molar-refractivity contribution in [2.75, 3.05) is 6.54 Å². The maximum absolute atomic E-state index is 12.0. The summed E-state index contributed by atoms with van der Waals surface area (Å²) in [4.78, 5) is 12.0. The number of benzene rings is 1. The van der Waals surface area contributed by atoms with Crippen LogP contribution in [0.2, 0.25) is 0 Å². The molecule has 1 aromatic heterocycles. The lowest BCUT2D eigenvalue weighted by Crippen LogP contribution is -2.25. The maximum atomic E-state index is 12.0. The summed E-state index contributed by atoms with van der Waals surface area (Å²) in [5.74, 6) is 0.301. The second-order valence-corrected chi connectivity index (χ2v) is 4.56. The molecule has 1 aromatic carbocycles. The third-order valence-corrected chi connectivity index (χ3v) is 2.81. The molecule has 0 saturated heterocycles.